The van der Waals surface area contributed by atoms with E-state index in [0.29, 0.717) is 0 Å². The summed E-state index contributed by atoms with van der Waals surface area (Å²) in [6, 6.07) is 2.14. The van der Waals surface area contributed by atoms with Crippen LogP contribution in [-0.2, 0) is 0 Å². The highest BCUT2D eigenvalue weighted by Gasteiger charge is 2.29. The molecule has 1 atom stereocenters. The van der Waals surface area contributed by atoms with Gasteiger partial charge in [-0.2, -0.15) is 5.26 Å². The maximum absolute atomic E-state index is 9.64. The van der Waals surface area contributed by atoms with Crippen LogP contribution in [-0.4, -0.2) is 38.6 Å². The van der Waals surface area contributed by atoms with E-state index in [1.165, 1.54) is 0 Å². The van der Waals surface area contributed by atoms with Crippen molar-refractivity contribution in [2.45, 2.75) is 38.8 Å². The first-order chi connectivity index (χ1) is 9.61. The van der Waals surface area contributed by atoms with Crippen LogP contribution in [0.25, 0.3) is 4.96 Å². The zero-order valence-electron chi connectivity index (χ0n) is 11.7. The minimum absolute atomic E-state index is 0.222. The lowest BCUT2D eigenvalue weighted by molar-refractivity contribution is 0.0706. The molecule has 1 unspecified atom stereocenters. The molecular weight excluding hydrogens is 272 g/mol. The van der Waals surface area contributed by atoms with Crippen LogP contribution < -0.4 is 0 Å². The Morgan fingerprint density at radius 2 is 2.15 bits per heavy atom. The summed E-state index contributed by atoms with van der Waals surface area (Å²) in [5, 5.41) is 21.3. The van der Waals surface area contributed by atoms with Crippen molar-refractivity contribution >= 4 is 16.3 Å². The first-order valence-electron chi connectivity index (χ1n) is 6.86. The maximum atomic E-state index is 9.64. The van der Waals surface area contributed by atoms with Gasteiger partial charge in [-0.15, -0.1) is 11.3 Å². The summed E-state index contributed by atoms with van der Waals surface area (Å²) in [6.45, 7) is 5.53. The van der Waals surface area contributed by atoms with Crippen LogP contribution in [0.4, 0.5) is 0 Å². The predicted molar refractivity (Wildman–Crippen MR) is 77.7 cm³/mol. The highest BCUT2D eigenvalue weighted by Crippen LogP contribution is 2.30. The summed E-state index contributed by atoms with van der Waals surface area (Å²) in [7, 11) is 0. The van der Waals surface area contributed by atoms with E-state index in [0.717, 1.165) is 48.0 Å². The fraction of sp³-hybridized carbons (Fsp3) is 0.571. The van der Waals surface area contributed by atoms with E-state index in [-0.39, 0.29) is 12.1 Å². The summed E-state index contributed by atoms with van der Waals surface area (Å²) in [5.74, 6) is 0. The third kappa shape index (κ3) is 2.12. The average molecular weight is 290 g/mol. The lowest BCUT2D eigenvalue weighted by Gasteiger charge is -2.32. The molecule has 106 valence electrons. The number of nitrogens with zero attached hydrogens (tertiary/aromatic N) is 4. The molecule has 0 bridgehead atoms. The van der Waals surface area contributed by atoms with Crippen molar-refractivity contribution in [2.75, 3.05) is 13.1 Å². The minimum Gasteiger partial charge on any atom is -0.393 e. The van der Waals surface area contributed by atoms with Gasteiger partial charge in [0.15, 0.2) is 4.96 Å². The molecule has 0 aromatic carbocycles. The monoisotopic (exact) mass is 290 g/mol. The van der Waals surface area contributed by atoms with Gasteiger partial charge in [-0.3, -0.25) is 9.30 Å². The van der Waals surface area contributed by atoms with Crippen molar-refractivity contribution < 1.29 is 5.11 Å². The van der Waals surface area contributed by atoms with Crippen LogP contribution in [0.5, 0.6) is 0 Å². The van der Waals surface area contributed by atoms with Gasteiger partial charge in [0, 0.05) is 24.2 Å². The Morgan fingerprint density at radius 1 is 1.45 bits per heavy atom. The molecule has 1 saturated heterocycles. The number of nitriles is 1. The highest BCUT2D eigenvalue weighted by molar-refractivity contribution is 7.15. The second-order valence-corrected chi connectivity index (χ2v) is 6.21. The quantitative estimate of drug-likeness (QED) is 0.919. The summed E-state index contributed by atoms with van der Waals surface area (Å²) in [6.07, 6.45) is 1.25. The maximum Gasteiger partial charge on any atom is 0.194 e. The highest BCUT2D eigenvalue weighted by atomic mass is 32.1. The molecule has 6 heteroatoms. The van der Waals surface area contributed by atoms with Crippen LogP contribution in [0, 0.1) is 25.2 Å². The Balaban J connectivity index is 2.01. The first-order valence-corrected chi connectivity index (χ1v) is 7.74. The number of aliphatic hydroxyl groups is 1. The number of aryl methyl sites for hydroxylation is 2. The Kier molecular flexibility index (Phi) is 3.50. The Hall–Kier alpha value is -1.42. The fourth-order valence-electron chi connectivity index (χ4n) is 2.91. The van der Waals surface area contributed by atoms with E-state index in [9.17, 15) is 10.4 Å². The number of rotatable bonds is 2. The lowest BCUT2D eigenvalue weighted by atomic mass is 10.0. The standard InChI is InChI=1S/C14H18N4OS/c1-9-8-20-14-16-10(2)13(18(9)14)12(7-15)17-5-3-11(19)4-6-17/h8,11-12,19H,3-6H2,1-2H3. The number of aliphatic hydroxyl groups excluding tert-OH is 1. The van der Waals surface area contributed by atoms with Gasteiger partial charge in [-0.05, 0) is 26.7 Å². The van der Waals surface area contributed by atoms with Crippen molar-refractivity contribution in [1.82, 2.24) is 14.3 Å². The summed E-state index contributed by atoms with van der Waals surface area (Å²) in [4.78, 5) is 7.67. The summed E-state index contributed by atoms with van der Waals surface area (Å²) in [5.41, 5.74) is 3.04. The molecule has 20 heavy (non-hydrogen) atoms. The van der Waals surface area contributed by atoms with E-state index < -0.39 is 0 Å². The number of piperidine rings is 1. The number of fused-ring (bicyclic) bond motifs is 1. The van der Waals surface area contributed by atoms with Crippen molar-refractivity contribution in [1.29, 1.82) is 5.26 Å². The Morgan fingerprint density at radius 3 is 2.80 bits per heavy atom. The number of thiazole rings is 1. The van der Waals surface area contributed by atoms with Gasteiger partial charge in [0.25, 0.3) is 0 Å². The van der Waals surface area contributed by atoms with Gasteiger partial charge in [0.1, 0.15) is 6.04 Å². The number of imidazole rings is 1. The van der Waals surface area contributed by atoms with Gasteiger partial charge in [-0.25, -0.2) is 4.98 Å². The van der Waals surface area contributed by atoms with E-state index in [1.807, 2.05) is 13.8 Å². The largest absolute Gasteiger partial charge is 0.393 e. The minimum atomic E-state index is -0.286. The smallest absolute Gasteiger partial charge is 0.194 e. The van der Waals surface area contributed by atoms with Crippen LogP contribution in [0.15, 0.2) is 5.38 Å². The molecule has 0 radical (unpaired) electrons. The van der Waals surface area contributed by atoms with Crippen LogP contribution in [0.2, 0.25) is 0 Å². The molecule has 1 aliphatic rings. The molecule has 2 aromatic heterocycles. The van der Waals surface area contributed by atoms with Gasteiger partial charge >= 0.3 is 0 Å². The zero-order chi connectivity index (χ0) is 14.3. The molecule has 0 saturated carbocycles. The topological polar surface area (TPSA) is 64.6 Å². The molecule has 1 fully saturated rings. The van der Waals surface area contributed by atoms with Crippen molar-refractivity contribution in [3.05, 3.63) is 22.5 Å². The summed E-state index contributed by atoms with van der Waals surface area (Å²) < 4.78 is 2.10. The molecule has 1 aliphatic heterocycles. The average Bonchev–Trinajstić information content (AvgIpc) is 2.94. The van der Waals surface area contributed by atoms with Gasteiger partial charge in [0.05, 0.1) is 23.6 Å². The van der Waals surface area contributed by atoms with Crippen molar-refractivity contribution in [2.24, 2.45) is 0 Å². The van der Waals surface area contributed by atoms with Crippen molar-refractivity contribution in [3.8, 4) is 6.07 Å². The predicted octanol–water partition coefficient (Wildman–Crippen LogP) is 2.03. The first kappa shape index (κ1) is 13.6. The van der Waals surface area contributed by atoms with E-state index in [1.54, 1.807) is 11.3 Å². The number of hydrogen-bond donors (Lipinski definition) is 1. The van der Waals surface area contributed by atoms with Gasteiger partial charge in [-0.1, -0.05) is 0 Å². The molecule has 3 heterocycles. The third-order valence-electron chi connectivity index (χ3n) is 4.00. The second kappa shape index (κ2) is 5.17. The van der Waals surface area contributed by atoms with Crippen molar-refractivity contribution in [3.63, 3.8) is 0 Å². The van der Waals surface area contributed by atoms with Crippen LogP contribution >= 0.6 is 11.3 Å². The molecule has 0 amide bonds. The normalized spacial score (nSPS) is 19.3. The van der Waals surface area contributed by atoms with E-state index >= 15 is 0 Å². The van der Waals surface area contributed by atoms with Crippen LogP contribution in [0.3, 0.4) is 0 Å². The molecular formula is C14H18N4OS. The van der Waals surface area contributed by atoms with Crippen LogP contribution in [0.1, 0.15) is 36.0 Å². The molecule has 3 rings (SSSR count). The molecule has 1 N–H and O–H groups in total. The molecule has 0 aliphatic carbocycles. The van der Waals surface area contributed by atoms with E-state index in [4.69, 9.17) is 0 Å². The lowest BCUT2D eigenvalue weighted by Crippen LogP contribution is -2.38. The third-order valence-corrected chi connectivity index (χ3v) is 4.94. The fourth-order valence-corrected chi connectivity index (χ4v) is 3.82. The van der Waals surface area contributed by atoms with E-state index in [2.05, 4.69) is 25.7 Å². The second-order valence-electron chi connectivity index (χ2n) is 5.38. The van der Waals surface area contributed by atoms with Gasteiger partial charge < -0.3 is 5.11 Å². The van der Waals surface area contributed by atoms with Gasteiger partial charge in [0.2, 0.25) is 0 Å². The number of likely N-dealkylation sites (tertiary alicyclic amines) is 1. The zero-order valence-corrected chi connectivity index (χ0v) is 12.5. The molecule has 2 aromatic rings. The Labute approximate surface area is 122 Å². The SMILES string of the molecule is Cc1nc2scc(C)n2c1C(C#N)N1CCC(O)CC1. The number of aromatic nitrogens is 2. The Bertz CT molecular complexity index is 661. The number of hydrogen-bond acceptors (Lipinski definition) is 5. The molecule has 0 spiro atoms. The summed E-state index contributed by atoms with van der Waals surface area (Å²) >= 11 is 1.61. The molecule has 5 nitrogen and oxygen atoms in total.